The summed E-state index contributed by atoms with van der Waals surface area (Å²) in [7, 11) is 0. The summed E-state index contributed by atoms with van der Waals surface area (Å²) in [6, 6.07) is 17.2. The molecule has 0 spiro atoms. The van der Waals surface area contributed by atoms with Gasteiger partial charge in [0.25, 0.3) is 0 Å². The number of para-hydroxylation sites is 1. The molecule has 0 bridgehead atoms. The Morgan fingerprint density at radius 1 is 1.03 bits per heavy atom. The predicted molar refractivity (Wildman–Crippen MR) is 118 cm³/mol. The van der Waals surface area contributed by atoms with Gasteiger partial charge in [0.05, 0.1) is 12.6 Å². The third-order valence-electron chi connectivity index (χ3n) is 5.54. The number of fused-ring (bicyclic) bond motifs is 1. The van der Waals surface area contributed by atoms with E-state index in [1.165, 1.54) is 6.07 Å². The molecule has 0 saturated carbocycles. The number of phenolic OH excluding ortho intramolecular Hbond substituents is 1. The van der Waals surface area contributed by atoms with Gasteiger partial charge in [-0.05, 0) is 43.3 Å². The van der Waals surface area contributed by atoms with Crippen molar-refractivity contribution in [3.05, 3.63) is 89.2 Å². The predicted octanol–water partition coefficient (Wildman–Crippen LogP) is 4.63. The molecule has 0 aromatic heterocycles. The Balaban J connectivity index is 1.58. The maximum atomic E-state index is 14.7. The highest BCUT2D eigenvalue weighted by Crippen LogP contribution is 2.40. The van der Waals surface area contributed by atoms with Crippen molar-refractivity contribution in [3.63, 3.8) is 0 Å². The van der Waals surface area contributed by atoms with E-state index in [-0.39, 0.29) is 18.4 Å². The van der Waals surface area contributed by atoms with Crippen LogP contribution in [0.15, 0.2) is 66.7 Å². The van der Waals surface area contributed by atoms with Crippen LogP contribution in [0.2, 0.25) is 0 Å². The first-order valence-electron chi connectivity index (χ1n) is 10.5. The Kier molecular flexibility index (Phi) is 5.33. The molecular formula is C25H23FN2O4. The number of hydrogen-bond donors (Lipinski definition) is 3. The fourth-order valence-corrected chi connectivity index (χ4v) is 4.00. The van der Waals surface area contributed by atoms with E-state index < -0.39 is 12.2 Å². The zero-order valence-corrected chi connectivity index (χ0v) is 17.5. The molecule has 164 valence electrons. The Labute approximate surface area is 185 Å². The van der Waals surface area contributed by atoms with E-state index in [4.69, 9.17) is 14.2 Å². The lowest BCUT2D eigenvalue weighted by Gasteiger charge is -2.33. The molecule has 0 aliphatic carbocycles. The topological polar surface area (TPSA) is 72.0 Å². The number of phenols is 1. The third-order valence-corrected chi connectivity index (χ3v) is 5.54. The largest absolute Gasteiger partial charge is 0.504 e. The summed E-state index contributed by atoms with van der Waals surface area (Å²) in [5.74, 6) is 1.49. The van der Waals surface area contributed by atoms with Crippen LogP contribution in [0.5, 0.6) is 23.0 Å². The lowest BCUT2D eigenvalue weighted by atomic mass is 9.97. The normalized spacial score (nSPS) is 19.2. The summed E-state index contributed by atoms with van der Waals surface area (Å²) in [6.45, 7) is 2.49. The first kappa shape index (κ1) is 20.2. The molecule has 6 nitrogen and oxygen atoms in total. The van der Waals surface area contributed by atoms with Crippen LogP contribution in [0.25, 0.3) is 5.70 Å². The fraction of sp³-hybridized carbons (Fsp3) is 0.200. The molecule has 7 heteroatoms. The first-order chi connectivity index (χ1) is 15.6. The summed E-state index contributed by atoms with van der Waals surface area (Å²) in [5, 5.41) is 17.6. The molecule has 2 unspecified atom stereocenters. The van der Waals surface area contributed by atoms with Crippen LogP contribution in [-0.4, -0.2) is 18.5 Å². The summed E-state index contributed by atoms with van der Waals surface area (Å²) >= 11 is 0. The smallest absolute Gasteiger partial charge is 0.231 e. The van der Waals surface area contributed by atoms with Crippen molar-refractivity contribution in [2.24, 2.45) is 0 Å². The fourth-order valence-electron chi connectivity index (χ4n) is 4.00. The van der Waals surface area contributed by atoms with Crippen molar-refractivity contribution in [2.45, 2.75) is 19.1 Å². The molecule has 2 aliphatic rings. The number of rotatable bonds is 5. The number of halogens is 1. The van der Waals surface area contributed by atoms with Crippen LogP contribution in [0.3, 0.4) is 0 Å². The molecular weight excluding hydrogens is 411 g/mol. The summed E-state index contributed by atoms with van der Waals surface area (Å²) in [4.78, 5) is 0. The average Bonchev–Trinajstić information content (AvgIpc) is 3.28. The molecule has 2 aliphatic heterocycles. The van der Waals surface area contributed by atoms with Crippen LogP contribution in [0, 0.1) is 5.82 Å². The van der Waals surface area contributed by atoms with E-state index in [2.05, 4.69) is 10.6 Å². The molecule has 3 N–H and O–H groups in total. The van der Waals surface area contributed by atoms with Gasteiger partial charge in [0.2, 0.25) is 6.79 Å². The summed E-state index contributed by atoms with van der Waals surface area (Å²) in [5.41, 5.74) is 2.75. The second-order valence-corrected chi connectivity index (χ2v) is 7.52. The first-order valence-corrected chi connectivity index (χ1v) is 10.5. The van der Waals surface area contributed by atoms with Crippen LogP contribution < -0.4 is 24.8 Å². The molecule has 2 atom stereocenters. The molecule has 0 amide bonds. The van der Waals surface area contributed by atoms with Crippen molar-refractivity contribution >= 4 is 5.70 Å². The summed E-state index contributed by atoms with van der Waals surface area (Å²) in [6.07, 6.45) is 1.43. The van der Waals surface area contributed by atoms with Crippen molar-refractivity contribution in [1.82, 2.24) is 10.6 Å². The Morgan fingerprint density at radius 2 is 1.84 bits per heavy atom. The zero-order valence-electron chi connectivity index (χ0n) is 17.5. The molecule has 0 radical (unpaired) electrons. The maximum Gasteiger partial charge on any atom is 0.231 e. The number of nitrogens with one attached hydrogen (secondary N) is 2. The van der Waals surface area contributed by atoms with Crippen LogP contribution in [-0.2, 0) is 0 Å². The van der Waals surface area contributed by atoms with Crippen molar-refractivity contribution < 1.29 is 23.7 Å². The number of hydrogen-bond acceptors (Lipinski definition) is 6. The second-order valence-electron chi connectivity index (χ2n) is 7.52. The third kappa shape index (κ3) is 3.71. The Bertz CT molecular complexity index is 1180. The molecule has 3 aromatic carbocycles. The number of ether oxygens (including phenoxy) is 3. The summed E-state index contributed by atoms with van der Waals surface area (Å²) < 4.78 is 31.2. The second kappa shape index (κ2) is 8.43. The highest BCUT2D eigenvalue weighted by Gasteiger charge is 2.28. The van der Waals surface area contributed by atoms with Gasteiger partial charge < -0.3 is 24.6 Å². The lowest BCUT2D eigenvalue weighted by molar-refractivity contribution is 0.174. The van der Waals surface area contributed by atoms with Gasteiger partial charge in [0.15, 0.2) is 23.0 Å². The van der Waals surface area contributed by atoms with Gasteiger partial charge in [-0.2, -0.15) is 0 Å². The van der Waals surface area contributed by atoms with E-state index in [9.17, 15) is 9.50 Å². The van der Waals surface area contributed by atoms with E-state index in [1.54, 1.807) is 24.3 Å². The number of benzene rings is 3. The monoisotopic (exact) mass is 434 g/mol. The van der Waals surface area contributed by atoms with Crippen molar-refractivity contribution in [1.29, 1.82) is 0 Å². The minimum absolute atomic E-state index is 0.0577. The van der Waals surface area contributed by atoms with Crippen LogP contribution >= 0.6 is 0 Å². The van der Waals surface area contributed by atoms with Crippen LogP contribution in [0.4, 0.5) is 4.39 Å². The average molecular weight is 434 g/mol. The van der Waals surface area contributed by atoms with E-state index in [0.29, 0.717) is 35.0 Å². The minimum atomic E-state index is -0.526. The van der Waals surface area contributed by atoms with Gasteiger partial charge >= 0.3 is 0 Å². The van der Waals surface area contributed by atoms with E-state index in [0.717, 1.165) is 11.3 Å². The minimum Gasteiger partial charge on any atom is -0.504 e. The van der Waals surface area contributed by atoms with Gasteiger partial charge in [-0.25, -0.2) is 4.39 Å². The number of aromatic hydroxyl groups is 1. The highest BCUT2D eigenvalue weighted by molar-refractivity contribution is 5.69. The highest BCUT2D eigenvalue weighted by atomic mass is 19.1. The van der Waals surface area contributed by atoms with Crippen molar-refractivity contribution in [3.8, 4) is 23.0 Å². The quantitative estimate of drug-likeness (QED) is 0.544. The van der Waals surface area contributed by atoms with Gasteiger partial charge in [-0.15, -0.1) is 0 Å². The SMILES string of the molecule is CCOc1cccc(C2C=C(c3ccc4c(c3)OCO4)NC(c3ccccc3F)N2)c1O. The Hall–Kier alpha value is -3.71. The molecule has 5 rings (SSSR count). The molecule has 0 fully saturated rings. The van der Waals surface area contributed by atoms with Crippen LogP contribution in [0.1, 0.15) is 35.8 Å². The standard InChI is InChI=1S/C25H23FN2O4/c1-2-30-22-9-5-7-17(24(22)29)20-13-19(15-10-11-21-23(12-15)32-14-31-21)27-25(28-20)16-6-3-4-8-18(16)26/h3-13,20,25,27-29H,2,14H2,1H3. The van der Waals surface area contributed by atoms with Gasteiger partial charge in [-0.3, -0.25) is 5.32 Å². The lowest BCUT2D eigenvalue weighted by Crippen LogP contribution is -2.40. The molecule has 0 saturated heterocycles. The van der Waals surface area contributed by atoms with Crippen molar-refractivity contribution in [2.75, 3.05) is 13.4 Å². The Morgan fingerprint density at radius 3 is 2.69 bits per heavy atom. The van der Waals surface area contributed by atoms with E-state index >= 15 is 0 Å². The zero-order chi connectivity index (χ0) is 22.1. The van der Waals surface area contributed by atoms with Gasteiger partial charge in [-0.1, -0.05) is 30.3 Å². The molecule has 32 heavy (non-hydrogen) atoms. The van der Waals surface area contributed by atoms with Gasteiger partial charge in [0.1, 0.15) is 12.0 Å². The molecule has 2 heterocycles. The van der Waals surface area contributed by atoms with E-state index in [1.807, 2.05) is 43.3 Å². The molecule has 3 aromatic rings. The maximum absolute atomic E-state index is 14.7. The van der Waals surface area contributed by atoms with Gasteiger partial charge in [0, 0.05) is 22.4 Å².